The van der Waals surface area contributed by atoms with Crippen LogP contribution in [0.15, 0.2) is 33.9 Å². The van der Waals surface area contributed by atoms with Gasteiger partial charge in [0.05, 0.1) is 33.6 Å². The maximum atomic E-state index is 14.1. The number of hydrogen-bond donors (Lipinski definition) is 0. The number of aromatic nitrogens is 4. The molecule has 0 spiro atoms. The van der Waals surface area contributed by atoms with Crippen molar-refractivity contribution < 1.29 is 19.1 Å². The molecule has 0 amide bonds. The predicted octanol–water partition coefficient (Wildman–Crippen LogP) is 10.2. The van der Waals surface area contributed by atoms with Gasteiger partial charge in [0.1, 0.15) is 9.66 Å². The highest BCUT2D eigenvalue weighted by Crippen LogP contribution is 2.44. The second-order valence-corrected chi connectivity index (χ2v) is 17.9. The van der Waals surface area contributed by atoms with Crippen LogP contribution in [-0.4, -0.2) is 43.9 Å². The number of carbonyl (C=O) groups excluding carboxylic acids is 2. The average Bonchev–Trinajstić information content (AvgIpc) is 3.99. The van der Waals surface area contributed by atoms with Crippen molar-refractivity contribution in [1.29, 1.82) is 0 Å². The number of thiophene rings is 3. The summed E-state index contributed by atoms with van der Waals surface area (Å²) in [6.45, 7) is 4.98. The van der Waals surface area contributed by atoms with Gasteiger partial charge in [0, 0.05) is 57.0 Å². The van der Waals surface area contributed by atoms with E-state index >= 15 is 0 Å². The average molecular weight is 799 g/mol. The summed E-state index contributed by atoms with van der Waals surface area (Å²) in [5.74, 6) is -0.319. The summed E-state index contributed by atoms with van der Waals surface area (Å²) >= 11 is 4.54. The van der Waals surface area contributed by atoms with Crippen molar-refractivity contribution >= 4 is 109 Å². The number of nitrogens with zero attached hydrogens (tertiary/aromatic N) is 4. The molecule has 0 saturated carbocycles. The zero-order valence-electron chi connectivity index (χ0n) is 31.5. The minimum absolute atomic E-state index is 0.159. The van der Waals surface area contributed by atoms with Gasteiger partial charge >= 0.3 is 11.9 Å². The first kappa shape index (κ1) is 37.7. The van der Waals surface area contributed by atoms with E-state index in [2.05, 4.69) is 13.8 Å². The first-order valence-corrected chi connectivity index (χ1v) is 22.4. The smallest absolute Gasteiger partial charge is 0.305 e. The van der Waals surface area contributed by atoms with E-state index in [-0.39, 0.29) is 23.1 Å². The Bertz CT molecular complexity index is 2570. The summed E-state index contributed by atoms with van der Waals surface area (Å²) in [5.41, 5.74) is 2.30. The monoisotopic (exact) mass is 798 g/mol. The number of esters is 2. The van der Waals surface area contributed by atoms with Gasteiger partial charge in [0.25, 0.3) is 11.1 Å². The lowest BCUT2D eigenvalue weighted by molar-refractivity contribution is -0.144. The lowest BCUT2D eigenvalue weighted by Crippen LogP contribution is -2.15. The fraction of sp³-hybridized carbons (Fsp3) is 0.476. The van der Waals surface area contributed by atoms with Crippen LogP contribution in [0.25, 0.3) is 62.9 Å². The predicted molar refractivity (Wildman–Crippen MR) is 225 cm³/mol. The van der Waals surface area contributed by atoms with Crippen LogP contribution in [0.4, 0.5) is 0 Å². The topological polar surface area (TPSA) is 121 Å². The molecule has 0 aliphatic carbocycles. The van der Waals surface area contributed by atoms with E-state index in [0.29, 0.717) is 61.0 Å². The molecule has 0 aliphatic heterocycles. The summed E-state index contributed by atoms with van der Waals surface area (Å²) in [6, 6.07) is 7.50. The fourth-order valence-corrected chi connectivity index (χ4v) is 11.0. The Morgan fingerprint density at radius 2 is 1.02 bits per heavy atom. The van der Waals surface area contributed by atoms with E-state index in [9.17, 15) is 19.2 Å². The summed E-state index contributed by atoms with van der Waals surface area (Å²) < 4.78 is 16.1. The number of benzene rings is 1. The lowest BCUT2D eigenvalue weighted by Gasteiger charge is -2.05. The second kappa shape index (κ2) is 16.5. The molecule has 0 saturated heterocycles. The third-order valence-corrected chi connectivity index (χ3v) is 14.0. The zero-order valence-corrected chi connectivity index (χ0v) is 33.9. The molecule has 13 heteroatoms. The molecule has 7 heterocycles. The van der Waals surface area contributed by atoms with Gasteiger partial charge in [-0.1, -0.05) is 78.1 Å². The first-order chi connectivity index (χ1) is 26.9. The van der Waals surface area contributed by atoms with Gasteiger partial charge in [0.15, 0.2) is 11.3 Å². The van der Waals surface area contributed by atoms with Gasteiger partial charge in [-0.2, -0.15) is 0 Å². The molecule has 8 aromatic rings. The Kier molecular flexibility index (Phi) is 11.3. The molecule has 1 aromatic carbocycles. The number of fused-ring (bicyclic) bond motifs is 8. The number of rotatable bonds is 20. The number of ether oxygens (including phenoxy) is 2. The molecular weight excluding hydrogens is 753 g/mol. The maximum Gasteiger partial charge on any atom is 0.305 e. The molecule has 0 radical (unpaired) electrons. The quantitative estimate of drug-likeness (QED) is 0.0424. The van der Waals surface area contributed by atoms with Crippen molar-refractivity contribution in [3.8, 4) is 0 Å². The lowest BCUT2D eigenvalue weighted by atomic mass is 10.0. The summed E-state index contributed by atoms with van der Waals surface area (Å²) in [5, 5.41) is 2.61. The number of carbonyl (C=O) groups is 2. The molecule has 0 bridgehead atoms. The molecule has 55 heavy (non-hydrogen) atoms. The Morgan fingerprint density at radius 1 is 0.600 bits per heavy atom. The molecule has 0 aliphatic rings. The van der Waals surface area contributed by atoms with E-state index in [1.807, 2.05) is 12.1 Å². The van der Waals surface area contributed by atoms with Gasteiger partial charge < -0.3 is 9.47 Å². The van der Waals surface area contributed by atoms with Crippen molar-refractivity contribution in [3.05, 3.63) is 54.7 Å². The summed E-state index contributed by atoms with van der Waals surface area (Å²) in [6.07, 6.45) is 15.5. The second-order valence-electron chi connectivity index (χ2n) is 14.6. The molecule has 7 aromatic heterocycles. The van der Waals surface area contributed by atoms with Crippen molar-refractivity contribution in [2.75, 3.05) is 13.2 Å². The van der Waals surface area contributed by atoms with Crippen LogP contribution in [0, 0.1) is 0 Å². The highest BCUT2D eigenvalue weighted by molar-refractivity contribution is 7.27. The number of unbranched alkanes of at least 4 members (excludes halogenated alkanes) is 10. The third-order valence-electron chi connectivity index (χ3n) is 10.6. The van der Waals surface area contributed by atoms with Gasteiger partial charge in [-0.25, -0.2) is 9.97 Å². The molecule has 0 fully saturated rings. The largest absolute Gasteiger partial charge is 0.465 e. The molecule has 8 rings (SSSR count). The molecule has 10 nitrogen and oxygen atoms in total. The normalized spacial score (nSPS) is 12.3. The molecule has 0 N–H and O–H groups in total. The van der Waals surface area contributed by atoms with Crippen LogP contribution in [0.5, 0.6) is 0 Å². The Labute approximate surface area is 329 Å². The Hall–Kier alpha value is -4.20. The number of imidazole rings is 2. The Balaban J connectivity index is 1.01. The summed E-state index contributed by atoms with van der Waals surface area (Å²) in [4.78, 5) is 66.2. The third kappa shape index (κ3) is 7.31. The summed E-state index contributed by atoms with van der Waals surface area (Å²) in [7, 11) is 0. The fourth-order valence-electron chi connectivity index (χ4n) is 7.77. The van der Waals surface area contributed by atoms with Crippen LogP contribution < -0.4 is 11.1 Å². The number of hydrogen-bond acceptors (Lipinski definition) is 11. The number of pyridine rings is 2. The van der Waals surface area contributed by atoms with Crippen molar-refractivity contribution in [2.45, 2.75) is 117 Å². The Morgan fingerprint density at radius 3 is 1.45 bits per heavy atom. The van der Waals surface area contributed by atoms with Crippen LogP contribution in [0.2, 0.25) is 0 Å². The highest BCUT2D eigenvalue weighted by Gasteiger charge is 2.26. The van der Waals surface area contributed by atoms with Crippen molar-refractivity contribution in [3.63, 3.8) is 0 Å². The molecule has 0 atom stereocenters. The first-order valence-electron chi connectivity index (χ1n) is 19.9. The maximum absolute atomic E-state index is 14.1. The van der Waals surface area contributed by atoms with Crippen LogP contribution >= 0.6 is 34.0 Å². The van der Waals surface area contributed by atoms with E-state index in [4.69, 9.17) is 19.4 Å². The van der Waals surface area contributed by atoms with Gasteiger partial charge in [-0.3, -0.25) is 28.0 Å². The van der Waals surface area contributed by atoms with E-state index in [1.54, 1.807) is 20.9 Å². The highest BCUT2D eigenvalue weighted by atomic mass is 32.1. The SMILES string of the molecule is CCCCCCCCC(=O)OCCc1cc2c(nc3c4sc5c6c(ccc(c(=O)n23)c46)c(=O)n2c3cc(CCOC(=O)CCCCCCCC)sc3nc52)s1. The minimum atomic E-state index is -0.171. The van der Waals surface area contributed by atoms with E-state index < -0.39 is 0 Å². The minimum Gasteiger partial charge on any atom is -0.465 e. The van der Waals surface area contributed by atoms with Gasteiger partial charge in [-0.05, 0) is 37.1 Å². The van der Waals surface area contributed by atoms with Gasteiger partial charge in [-0.15, -0.1) is 34.0 Å². The zero-order chi connectivity index (χ0) is 38.1. The molecule has 288 valence electrons. The van der Waals surface area contributed by atoms with Crippen LogP contribution in [-0.2, 0) is 31.9 Å². The van der Waals surface area contributed by atoms with Crippen LogP contribution in [0.1, 0.15) is 113 Å². The van der Waals surface area contributed by atoms with Gasteiger partial charge in [0.2, 0.25) is 0 Å². The standard InChI is InChI=1S/C42H46N4O6S3/c1-3-5-7-9-11-13-15-31(47)51-21-19-25-23-29-39(53-25)43-37-35-33-27(41(49)45(29)37)17-18-28-34(33)36(55-35)38-44-40-30(46(38)42(28)50)24-26(54-40)20-22-52-32(48)16-14-12-10-8-6-4-2/h17-18,23-24H,3-16,19-22H2,1-2H3. The van der Waals surface area contributed by atoms with Crippen molar-refractivity contribution in [2.24, 2.45) is 0 Å². The molecular formula is C42H46N4O6S3. The van der Waals surface area contributed by atoms with E-state index in [1.165, 1.54) is 72.5 Å². The molecule has 0 unspecified atom stereocenters. The van der Waals surface area contributed by atoms with Crippen molar-refractivity contribution in [1.82, 2.24) is 18.8 Å². The van der Waals surface area contributed by atoms with Crippen LogP contribution in [0.3, 0.4) is 0 Å². The van der Waals surface area contributed by atoms with E-state index in [0.717, 1.165) is 89.1 Å².